The van der Waals surface area contributed by atoms with Crippen LogP contribution in [0.1, 0.15) is 11.6 Å². The number of nitrogens with zero attached hydrogens (tertiary/aromatic N) is 1. The summed E-state index contributed by atoms with van der Waals surface area (Å²) < 4.78 is 0. The van der Waals surface area contributed by atoms with Crippen molar-refractivity contribution in [1.29, 1.82) is 0 Å². The second kappa shape index (κ2) is 3.19. The van der Waals surface area contributed by atoms with Crippen molar-refractivity contribution >= 4 is 11.7 Å². The van der Waals surface area contributed by atoms with Gasteiger partial charge >= 0.3 is 5.97 Å². The van der Waals surface area contributed by atoms with Crippen LogP contribution in [0.15, 0.2) is 18.5 Å². The lowest BCUT2D eigenvalue weighted by atomic mass is 10.1. The first kappa shape index (κ1) is 8.48. The number of aliphatic carboxylic acids is 1. The van der Waals surface area contributed by atoms with Crippen LogP contribution in [0.25, 0.3) is 0 Å². The van der Waals surface area contributed by atoms with Gasteiger partial charge in [0.15, 0.2) is 0 Å². The fourth-order valence-corrected chi connectivity index (χ4v) is 0.834. The number of pyridine rings is 1. The van der Waals surface area contributed by atoms with Crippen LogP contribution in [0.5, 0.6) is 0 Å². The number of hydrogen-bond acceptors (Lipinski definition) is 4. The van der Waals surface area contributed by atoms with E-state index in [2.05, 4.69) is 4.98 Å². The summed E-state index contributed by atoms with van der Waals surface area (Å²) in [5, 5.41) is 8.56. The van der Waals surface area contributed by atoms with Crippen molar-refractivity contribution in [2.75, 3.05) is 5.73 Å². The Morgan fingerprint density at radius 3 is 2.83 bits per heavy atom. The van der Waals surface area contributed by atoms with Gasteiger partial charge in [0.1, 0.15) is 6.04 Å². The lowest BCUT2D eigenvalue weighted by Crippen LogP contribution is -2.21. The molecule has 0 unspecified atom stereocenters. The van der Waals surface area contributed by atoms with Crippen molar-refractivity contribution in [2.24, 2.45) is 5.73 Å². The first-order valence-electron chi connectivity index (χ1n) is 3.30. The molecular weight excluding hydrogens is 158 g/mol. The molecule has 1 heterocycles. The molecule has 0 saturated carbocycles. The minimum absolute atomic E-state index is 0.299. The molecule has 0 aliphatic carbocycles. The van der Waals surface area contributed by atoms with Crippen LogP contribution in [0, 0.1) is 0 Å². The first-order chi connectivity index (χ1) is 5.63. The Morgan fingerprint density at radius 2 is 2.33 bits per heavy atom. The molecule has 0 saturated heterocycles. The van der Waals surface area contributed by atoms with Crippen molar-refractivity contribution in [2.45, 2.75) is 6.04 Å². The summed E-state index contributed by atoms with van der Waals surface area (Å²) >= 11 is 0. The molecule has 1 aromatic rings. The van der Waals surface area contributed by atoms with Gasteiger partial charge in [-0.05, 0) is 6.07 Å². The molecule has 1 atom stereocenters. The van der Waals surface area contributed by atoms with Gasteiger partial charge in [-0.15, -0.1) is 0 Å². The SMILES string of the molecule is Nc1cnccc1[C@@H](N)C(=O)O. The van der Waals surface area contributed by atoms with Crippen LogP contribution in [-0.4, -0.2) is 16.1 Å². The van der Waals surface area contributed by atoms with E-state index in [1.807, 2.05) is 0 Å². The Balaban J connectivity index is 3.02. The normalized spacial score (nSPS) is 12.4. The van der Waals surface area contributed by atoms with Crippen LogP contribution in [0.4, 0.5) is 5.69 Å². The number of hydrogen-bond donors (Lipinski definition) is 3. The van der Waals surface area contributed by atoms with Gasteiger partial charge in [0.25, 0.3) is 0 Å². The zero-order valence-corrected chi connectivity index (χ0v) is 6.27. The van der Waals surface area contributed by atoms with Crippen molar-refractivity contribution in [3.05, 3.63) is 24.0 Å². The Bertz CT molecular complexity index is 300. The van der Waals surface area contributed by atoms with Gasteiger partial charge in [-0.2, -0.15) is 0 Å². The number of rotatable bonds is 2. The Kier molecular flexibility index (Phi) is 2.25. The predicted molar refractivity (Wildman–Crippen MR) is 43.2 cm³/mol. The van der Waals surface area contributed by atoms with Crippen molar-refractivity contribution in [3.63, 3.8) is 0 Å². The number of carboxylic acid groups (broad SMARTS) is 1. The van der Waals surface area contributed by atoms with Gasteiger partial charge < -0.3 is 16.6 Å². The van der Waals surface area contributed by atoms with Crippen LogP contribution in [0.2, 0.25) is 0 Å². The molecule has 5 heteroatoms. The van der Waals surface area contributed by atoms with E-state index in [0.29, 0.717) is 11.3 Å². The van der Waals surface area contributed by atoms with Gasteiger partial charge in [0, 0.05) is 11.8 Å². The second-order valence-electron chi connectivity index (χ2n) is 2.32. The van der Waals surface area contributed by atoms with E-state index in [-0.39, 0.29) is 0 Å². The number of nitrogens with two attached hydrogens (primary N) is 2. The van der Waals surface area contributed by atoms with Crippen molar-refractivity contribution in [1.82, 2.24) is 4.98 Å². The highest BCUT2D eigenvalue weighted by molar-refractivity contribution is 5.77. The molecule has 64 valence electrons. The van der Waals surface area contributed by atoms with Crippen molar-refractivity contribution in [3.8, 4) is 0 Å². The predicted octanol–water partition coefficient (Wildman–Crippen LogP) is -0.252. The third-order valence-electron chi connectivity index (χ3n) is 1.49. The molecule has 1 aromatic heterocycles. The Labute approximate surface area is 69.0 Å². The van der Waals surface area contributed by atoms with Crippen LogP contribution in [-0.2, 0) is 4.79 Å². The summed E-state index contributed by atoms with van der Waals surface area (Å²) in [4.78, 5) is 14.2. The number of aromatic nitrogens is 1. The average molecular weight is 167 g/mol. The van der Waals surface area contributed by atoms with E-state index in [1.165, 1.54) is 18.5 Å². The number of anilines is 1. The molecule has 0 radical (unpaired) electrons. The zero-order chi connectivity index (χ0) is 9.14. The minimum atomic E-state index is -1.10. The summed E-state index contributed by atoms with van der Waals surface area (Å²) in [6, 6.07) is 0.418. The van der Waals surface area contributed by atoms with Gasteiger partial charge in [0.2, 0.25) is 0 Å². The van der Waals surface area contributed by atoms with Gasteiger partial charge in [-0.1, -0.05) is 0 Å². The Morgan fingerprint density at radius 1 is 1.67 bits per heavy atom. The second-order valence-corrected chi connectivity index (χ2v) is 2.32. The largest absolute Gasteiger partial charge is 0.480 e. The molecular formula is C7H9N3O2. The topological polar surface area (TPSA) is 102 Å². The smallest absolute Gasteiger partial charge is 0.325 e. The molecule has 0 aliphatic heterocycles. The third-order valence-corrected chi connectivity index (χ3v) is 1.49. The van der Waals surface area contributed by atoms with Gasteiger partial charge in [0.05, 0.1) is 11.9 Å². The fourth-order valence-electron chi connectivity index (χ4n) is 0.834. The molecule has 0 fully saturated rings. The minimum Gasteiger partial charge on any atom is -0.480 e. The summed E-state index contributed by atoms with van der Waals surface area (Å²) in [5.74, 6) is -1.10. The quantitative estimate of drug-likeness (QED) is 0.563. The van der Waals surface area contributed by atoms with E-state index in [1.54, 1.807) is 0 Å². The number of carbonyl (C=O) groups is 1. The van der Waals surface area contributed by atoms with Crippen LogP contribution in [0.3, 0.4) is 0 Å². The Hall–Kier alpha value is -1.62. The number of carboxylic acids is 1. The molecule has 12 heavy (non-hydrogen) atoms. The lowest BCUT2D eigenvalue weighted by molar-refractivity contribution is -0.138. The third kappa shape index (κ3) is 1.51. The van der Waals surface area contributed by atoms with E-state index in [0.717, 1.165) is 0 Å². The highest BCUT2D eigenvalue weighted by Crippen LogP contribution is 2.16. The highest BCUT2D eigenvalue weighted by atomic mass is 16.4. The van der Waals surface area contributed by atoms with Crippen LogP contribution < -0.4 is 11.5 Å². The zero-order valence-electron chi connectivity index (χ0n) is 6.27. The molecule has 5 N–H and O–H groups in total. The van der Waals surface area contributed by atoms with Crippen LogP contribution >= 0.6 is 0 Å². The summed E-state index contributed by atoms with van der Waals surface area (Å²) in [5.41, 5.74) is 11.5. The molecule has 5 nitrogen and oxygen atoms in total. The molecule has 0 bridgehead atoms. The first-order valence-corrected chi connectivity index (χ1v) is 3.30. The van der Waals surface area contributed by atoms with E-state index in [9.17, 15) is 4.79 Å². The summed E-state index contributed by atoms with van der Waals surface area (Å²) in [7, 11) is 0. The number of nitrogen functional groups attached to an aromatic ring is 1. The lowest BCUT2D eigenvalue weighted by Gasteiger charge is -2.08. The van der Waals surface area contributed by atoms with Gasteiger partial charge in [-0.3, -0.25) is 9.78 Å². The molecule has 0 aliphatic rings. The molecule has 1 rings (SSSR count). The van der Waals surface area contributed by atoms with E-state index in [4.69, 9.17) is 16.6 Å². The highest BCUT2D eigenvalue weighted by Gasteiger charge is 2.16. The molecule has 0 amide bonds. The molecule has 0 aromatic carbocycles. The maximum absolute atomic E-state index is 10.5. The average Bonchev–Trinajstić information content (AvgIpc) is 2.04. The van der Waals surface area contributed by atoms with E-state index < -0.39 is 12.0 Å². The summed E-state index contributed by atoms with van der Waals surface area (Å²) in [6.45, 7) is 0. The summed E-state index contributed by atoms with van der Waals surface area (Å²) in [6.07, 6.45) is 2.83. The van der Waals surface area contributed by atoms with Gasteiger partial charge in [-0.25, -0.2) is 0 Å². The standard InChI is InChI=1S/C7H9N3O2/c8-5-3-10-2-1-4(5)6(9)7(11)12/h1-3,6H,8-9H2,(H,11,12)/t6-/m1/s1. The fraction of sp³-hybridized carbons (Fsp3) is 0.143. The van der Waals surface area contributed by atoms with Crippen molar-refractivity contribution < 1.29 is 9.90 Å². The molecule has 0 spiro atoms. The monoisotopic (exact) mass is 167 g/mol. The maximum Gasteiger partial charge on any atom is 0.325 e. The maximum atomic E-state index is 10.5. The van der Waals surface area contributed by atoms with E-state index >= 15 is 0 Å².